The van der Waals surface area contributed by atoms with E-state index in [0.29, 0.717) is 19.1 Å². The molecule has 82 valence electrons. The van der Waals surface area contributed by atoms with Gasteiger partial charge in [-0.25, -0.2) is 12.7 Å². The van der Waals surface area contributed by atoms with Crippen molar-refractivity contribution in [2.75, 3.05) is 14.1 Å². The Labute approximate surface area is 85.3 Å². The van der Waals surface area contributed by atoms with Crippen LogP contribution in [0.1, 0.15) is 32.1 Å². The zero-order chi connectivity index (χ0) is 10.8. The molecule has 14 heavy (non-hydrogen) atoms. The molecular formula is C9H17NO3S. The largest absolute Gasteiger partial charge is 0.302 e. The van der Waals surface area contributed by atoms with Crippen molar-refractivity contribution >= 4 is 16.3 Å². The molecule has 1 fully saturated rings. The molecular weight excluding hydrogens is 202 g/mol. The summed E-state index contributed by atoms with van der Waals surface area (Å²) in [6.07, 6.45) is 4.24. The van der Waals surface area contributed by atoms with Crippen LogP contribution in [0.25, 0.3) is 0 Å². The van der Waals surface area contributed by atoms with Gasteiger partial charge in [-0.1, -0.05) is 19.3 Å². The second kappa shape index (κ2) is 3.98. The number of carbonyl (C=O) groups excluding carboxylic acids is 1. The van der Waals surface area contributed by atoms with Crippen molar-refractivity contribution in [2.24, 2.45) is 0 Å². The Balaban J connectivity index is 3.05. The van der Waals surface area contributed by atoms with Gasteiger partial charge in [0.2, 0.25) is 10.0 Å². The van der Waals surface area contributed by atoms with Crippen molar-refractivity contribution in [1.29, 1.82) is 0 Å². The Morgan fingerprint density at radius 3 is 2.00 bits per heavy atom. The monoisotopic (exact) mass is 219 g/mol. The van der Waals surface area contributed by atoms with E-state index >= 15 is 0 Å². The van der Waals surface area contributed by atoms with Crippen LogP contribution in [0.5, 0.6) is 0 Å². The maximum Gasteiger partial charge on any atom is 0.226 e. The molecule has 4 nitrogen and oxygen atoms in total. The van der Waals surface area contributed by atoms with E-state index < -0.39 is 14.8 Å². The van der Waals surface area contributed by atoms with Crippen LogP contribution in [0.15, 0.2) is 0 Å². The van der Waals surface area contributed by atoms with Gasteiger partial charge < -0.3 is 4.79 Å². The maximum atomic E-state index is 11.9. The number of carbonyl (C=O) groups is 1. The first-order chi connectivity index (χ1) is 6.46. The molecule has 1 rings (SSSR count). The summed E-state index contributed by atoms with van der Waals surface area (Å²) in [5.41, 5.74) is 0. The average molecular weight is 219 g/mol. The lowest BCUT2D eigenvalue weighted by atomic mass is 9.89. The van der Waals surface area contributed by atoms with Gasteiger partial charge >= 0.3 is 0 Å². The summed E-state index contributed by atoms with van der Waals surface area (Å²) >= 11 is 0. The first-order valence-corrected chi connectivity index (χ1v) is 6.29. The van der Waals surface area contributed by atoms with Gasteiger partial charge in [-0.3, -0.25) is 0 Å². The Morgan fingerprint density at radius 2 is 1.64 bits per heavy atom. The fourth-order valence-corrected chi connectivity index (χ4v) is 3.60. The zero-order valence-electron chi connectivity index (χ0n) is 8.69. The molecule has 0 unspecified atom stereocenters. The Morgan fingerprint density at radius 1 is 1.14 bits per heavy atom. The topological polar surface area (TPSA) is 54.5 Å². The number of rotatable bonds is 3. The van der Waals surface area contributed by atoms with E-state index in [2.05, 4.69) is 0 Å². The van der Waals surface area contributed by atoms with Gasteiger partial charge in [0.15, 0.2) is 0 Å². The number of nitrogens with zero attached hydrogens (tertiary/aromatic N) is 1. The molecule has 0 atom stereocenters. The van der Waals surface area contributed by atoms with Crippen molar-refractivity contribution in [3.63, 3.8) is 0 Å². The molecule has 5 heteroatoms. The Kier molecular flexibility index (Phi) is 3.32. The zero-order valence-corrected chi connectivity index (χ0v) is 9.51. The van der Waals surface area contributed by atoms with Gasteiger partial charge in [0.1, 0.15) is 11.0 Å². The SMILES string of the molecule is CN(C)S(=O)(=O)C1(C=O)CCCCC1. The summed E-state index contributed by atoms with van der Waals surface area (Å²) in [6, 6.07) is 0. The smallest absolute Gasteiger partial charge is 0.226 e. The first kappa shape index (κ1) is 11.7. The second-order valence-corrected chi connectivity index (χ2v) is 6.52. The number of hydrogen-bond donors (Lipinski definition) is 0. The van der Waals surface area contributed by atoms with Crippen LogP contribution in [0, 0.1) is 0 Å². The van der Waals surface area contributed by atoms with Crippen LogP contribution in [-0.4, -0.2) is 37.9 Å². The minimum atomic E-state index is -3.45. The molecule has 0 spiro atoms. The summed E-state index contributed by atoms with van der Waals surface area (Å²) in [6.45, 7) is 0. The summed E-state index contributed by atoms with van der Waals surface area (Å²) in [7, 11) is -0.484. The molecule has 0 bridgehead atoms. The number of aldehydes is 1. The quantitative estimate of drug-likeness (QED) is 0.659. The molecule has 0 aromatic rings. The number of hydrogen-bond acceptors (Lipinski definition) is 3. The highest BCUT2D eigenvalue weighted by Gasteiger charge is 2.45. The summed E-state index contributed by atoms with van der Waals surface area (Å²) < 4.78 is 23.9. The lowest BCUT2D eigenvalue weighted by molar-refractivity contribution is -0.110. The van der Waals surface area contributed by atoms with E-state index in [-0.39, 0.29) is 0 Å². The summed E-state index contributed by atoms with van der Waals surface area (Å²) in [5, 5.41) is 0. The van der Waals surface area contributed by atoms with Crippen molar-refractivity contribution in [1.82, 2.24) is 4.31 Å². The Hall–Kier alpha value is -0.420. The molecule has 0 aromatic heterocycles. The minimum Gasteiger partial charge on any atom is -0.302 e. The van der Waals surface area contributed by atoms with Gasteiger partial charge in [0.25, 0.3) is 0 Å². The third-order valence-electron chi connectivity index (χ3n) is 2.91. The maximum absolute atomic E-state index is 11.9. The molecule has 0 aliphatic heterocycles. The fourth-order valence-electron chi connectivity index (χ4n) is 1.95. The van der Waals surface area contributed by atoms with Crippen LogP contribution in [0.2, 0.25) is 0 Å². The van der Waals surface area contributed by atoms with Gasteiger partial charge in [-0.15, -0.1) is 0 Å². The highest BCUT2D eigenvalue weighted by Crippen LogP contribution is 2.34. The van der Waals surface area contributed by atoms with Gasteiger partial charge in [-0.2, -0.15) is 0 Å². The van der Waals surface area contributed by atoms with Crippen molar-refractivity contribution in [2.45, 2.75) is 36.9 Å². The van der Waals surface area contributed by atoms with Crippen LogP contribution in [0.4, 0.5) is 0 Å². The predicted molar refractivity (Wildman–Crippen MR) is 54.5 cm³/mol. The van der Waals surface area contributed by atoms with E-state index in [1.807, 2.05) is 0 Å². The average Bonchev–Trinajstić information content (AvgIpc) is 2.18. The van der Waals surface area contributed by atoms with E-state index in [4.69, 9.17) is 0 Å². The molecule has 0 amide bonds. The van der Waals surface area contributed by atoms with Crippen molar-refractivity contribution in [3.05, 3.63) is 0 Å². The summed E-state index contributed by atoms with van der Waals surface area (Å²) in [5.74, 6) is 0. The van der Waals surface area contributed by atoms with Gasteiger partial charge in [0.05, 0.1) is 0 Å². The lowest BCUT2D eigenvalue weighted by Gasteiger charge is -2.33. The lowest BCUT2D eigenvalue weighted by Crippen LogP contribution is -2.48. The molecule has 0 aromatic carbocycles. The van der Waals surface area contributed by atoms with E-state index in [1.54, 1.807) is 0 Å². The first-order valence-electron chi connectivity index (χ1n) is 4.85. The molecule has 1 aliphatic carbocycles. The highest BCUT2D eigenvalue weighted by atomic mass is 32.2. The Bertz CT molecular complexity index is 302. The molecule has 1 saturated carbocycles. The van der Waals surface area contributed by atoms with E-state index in [9.17, 15) is 13.2 Å². The van der Waals surface area contributed by atoms with E-state index in [1.165, 1.54) is 14.1 Å². The molecule has 0 N–H and O–H groups in total. The van der Waals surface area contributed by atoms with Crippen LogP contribution in [-0.2, 0) is 14.8 Å². The molecule has 0 radical (unpaired) electrons. The number of sulfonamides is 1. The predicted octanol–water partition coefficient (Wildman–Crippen LogP) is 0.780. The second-order valence-electron chi connectivity index (χ2n) is 4.03. The van der Waals surface area contributed by atoms with Crippen molar-refractivity contribution in [3.8, 4) is 0 Å². The van der Waals surface area contributed by atoms with Crippen LogP contribution >= 0.6 is 0 Å². The summed E-state index contributed by atoms with van der Waals surface area (Å²) in [4.78, 5) is 11.0. The molecule has 1 aliphatic rings. The third-order valence-corrected chi connectivity index (χ3v) is 5.40. The van der Waals surface area contributed by atoms with Gasteiger partial charge in [-0.05, 0) is 12.8 Å². The third kappa shape index (κ3) is 1.70. The molecule has 0 heterocycles. The van der Waals surface area contributed by atoms with E-state index in [0.717, 1.165) is 23.6 Å². The van der Waals surface area contributed by atoms with Crippen LogP contribution < -0.4 is 0 Å². The molecule has 0 saturated heterocycles. The van der Waals surface area contributed by atoms with Crippen molar-refractivity contribution < 1.29 is 13.2 Å². The highest BCUT2D eigenvalue weighted by molar-refractivity contribution is 7.91. The van der Waals surface area contributed by atoms with Gasteiger partial charge in [0, 0.05) is 14.1 Å². The standard InChI is InChI=1S/C9H17NO3S/c1-10(2)14(12,13)9(8-11)6-4-3-5-7-9/h8H,3-7H2,1-2H3. The normalized spacial score (nSPS) is 22.2. The fraction of sp³-hybridized carbons (Fsp3) is 0.889. The van der Waals surface area contributed by atoms with Crippen LogP contribution in [0.3, 0.4) is 0 Å². The minimum absolute atomic E-state index is 0.469.